The lowest BCUT2D eigenvalue weighted by Gasteiger charge is -2.14. The zero-order valence-electron chi connectivity index (χ0n) is 17.0. The number of carboxylic acids is 1. The molecule has 3 N–H and O–H groups in total. The van der Waals surface area contributed by atoms with E-state index in [0.717, 1.165) is 22.2 Å². The molecule has 0 aliphatic rings. The van der Waals surface area contributed by atoms with Gasteiger partial charge < -0.3 is 20.3 Å². The second-order valence-electron chi connectivity index (χ2n) is 7.17. The molecule has 0 atom stereocenters. The predicted molar refractivity (Wildman–Crippen MR) is 117 cm³/mol. The smallest absolute Gasteiger partial charge is 0.337 e. The summed E-state index contributed by atoms with van der Waals surface area (Å²) in [6.45, 7) is 2.46. The third kappa shape index (κ3) is 3.67. The number of aromatic nitrogens is 4. The maximum Gasteiger partial charge on any atom is 0.337 e. The molecule has 0 saturated heterocycles. The van der Waals surface area contributed by atoms with Crippen LogP contribution in [0.4, 0.5) is 11.9 Å². The third-order valence-corrected chi connectivity index (χ3v) is 4.79. The van der Waals surface area contributed by atoms with Gasteiger partial charge in [0.1, 0.15) is 0 Å². The lowest BCUT2D eigenvalue weighted by molar-refractivity contribution is 0.0699. The van der Waals surface area contributed by atoms with Gasteiger partial charge in [-0.15, -0.1) is 0 Å². The minimum atomic E-state index is -0.983. The summed E-state index contributed by atoms with van der Waals surface area (Å²) in [4.78, 5) is 30.4. The largest absolute Gasteiger partial charge is 0.478 e. The number of fused-ring (bicyclic) bond motifs is 1. The van der Waals surface area contributed by atoms with E-state index in [-0.39, 0.29) is 5.56 Å². The fourth-order valence-corrected chi connectivity index (χ4v) is 3.35. The number of aryl methyl sites for hydroxylation is 1. The van der Waals surface area contributed by atoms with Crippen molar-refractivity contribution in [3.8, 4) is 11.4 Å². The molecule has 2 heterocycles. The van der Waals surface area contributed by atoms with Crippen LogP contribution >= 0.6 is 0 Å². The second-order valence-corrected chi connectivity index (χ2v) is 7.17. The van der Waals surface area contributed by atoms with E-state index in [4.69, 9.17) is 0 Å². The molecule has 0 aliphatic carbocycles. The van der Waals surface area contributed by atoms with E-state index in [1.165, 1.54) is 0 Å². The molecule has 2 aromatic carbocycles. The molecule has 8 heteroatoms. The van der Waals surface area contributed by atoms with E-state index in [1.807, 2.05) is 62.3 Å². The Bertz CT molecular complexity index is 1220. The van der Waals surface area contributed by atoms with Crippen molar-refractivity contribution < 1.29 is 9.90 Å². The number of carbonyl (C=O) groups is 1. The number of nitrogens with zero attached hydrogens (tertiary/aromatic N) is 4. The summed E-state index contributed by atoms with van der Waals surface area (Å²) in [6.07, 6.45) is 0. The van der Waals surface area contributed by atoms with Crippen molar-refractivity contribution in [3.05, 3.63) is 65.4 Å². The first-order valence-electron chi connectivity index (χ1n) is 9.50. The first kappa shape index (κ1) is 19.4. The molecular formula is C22H22N6O2. The van der Waals surface area contributed by atoms with Crippen LogP contribution in [0.3, 0.4) is 0 Å². The Morgan fingerprint density at radius 2 is 1.83 bits per heavy atom. The number of hydrogen-bond acceptors (Lipinski definition) is 6. The Hall–Kier alpha value is -3.94. The zero-order valence-corrected chi connectivity index (χ0v) is 17.0. The summed E-state index contributed by atoms with van der Waals surface area (Å²) in [5.41, 5.74) is 3.44. The van der Waals surface area contributed by atoms with Crippen molar-refractivity contribution >= 4 is 28.8 Å². The maximum atomic E-state index is 11.6. The minimum absolute atomic E-state index is 0.214. The molecule has 0 aliphatic heterocycles. The molecule has 0 bridgehead atoms. The van der Waals surface area contributed by atoms with E-state index in [2.05, 4.69) is 25.3 Å². The molecule has 4 rings (SSSR count). The van der Waals surface area contributed by atoms with Crippen LogP contribution in [0.15, 0.2) is 48.5 Å². The highest BCUT2D eigenvalue weighted by Crippen LogP contribution is 2.32. The van der Waals surface area contributed by atoms with Crippen molar-refractivity contribution in [1.82, 2.24) is 19.9 Å². The van der Waals surface area contributed by atoms with Crippen LogP contribution in [-0.4, -0.2) is 45.1 Å². The highest BCUT2D eigenvalue weighted by atomic mass is 16.4. The standard InChI is InChI=1S/C22H22N6O2/c1-13-17(15-10-7-11-16(20(29)30)18(15)24-13)19-25-21(27-22(26-19)28(2)3)23-12-14-8-5-4-6-9-14/h4-11,24H,12H2,1-3H3,(H,29,30)(H,23,25,26,27). The highest BCUT2D eigenvalue weighted by molar-refractivity contribution is 6.07. The Kier molecular flexibility index (Phi) is 5.05. The minimum Gasteiger partial charge on any atom is -0.478 e. The van der Waals surface area contributed by atoms with E-state index >= 15 is 0 Å². The summed E-state index contributed by atoms with van der Waals surface area (Å²) < 4.78 is 0. The van der Waals surface area contributed by atoms with Crippen molar-refractivity contribution in [3.63, 3.8) is 0 Å². The topological polar surface area (TPSA) is 107 Å². The first-order valence-corrected chi connectivity index (χ1v) is 9.50. The summed E-state index contributed by atoms with van der Waals surface area (Å²) in [7, 11) is 3.73. The SMILES string of the molecule is Cc1[nH]c2c(C(=O)O)cccc2c1-c1nc(NCc2ccccc2)nc(N(C)C)n1. The van der Waals surface area contributed by atoms with Gasteiger partial charge in [-0.1, -0.05) is 42.5 Å². The zero-order chi connectivity index (χ0) is 21.3. The first-order chi connectivity index (χ1) is 14.4. The average molecular weight is 402 g/mol. The van der Waals surface area contributed by atoms with Crippen molar-refractivity contribution in [2.24, 2.45) is 0 Å². The van der Waals surface area contributed by atoms with Gasteiger partial charge in [-0.05, 0) is 18.6 Å². The van der Waals surface area contributed by atoms with Gasteiger partial charge in [0.15, 0.2) is 5.82 Å². The molecule has 0 unspecified atom stereocenters. The Morgan fingerprint density at radius 3 is 2.53 bits per heavy atom. The molecule has 152 valence electrons. The lowest BCUT2D eigenvalue weighted by atomic mass is 10.1. The van der Waals surface area contributed by atoms with Crippen LogP contribution in [-0.2, 0) is 6.54 Å². The van der Waals surface area contributed by atoms with Gasteiger partial charge >= 0.3 is 5.97 Å². The van der Waals surface area contributed by atoms with E-state index in [1.54, 1.807) is 12.1 Å². The van der Waals surface area contributed by atoms with Gasteiger partial charge in [0.05, 0.1) is 11.1 Å². The maximum absolute atomic E-state index is 11.6. The second kappa shape index (κ2) is 7.82. The van der Waals surface area contributed by atoms with E-state index < -0.39 is 5.97 Å². The third-order valence-electron chi connectivity index (χ3n) is 4.79. The summed E-state index contributed by atoms with van der Waals surface area (Å²) >= 11 is 0. The van der Waals surface area contributed by atoms with Gasteiger partial charge in [0.2, 0.25) is 11.9 Å². The normalized spacial score (nSPS) is 10.9. The van der Waals surface area contributed by atoms with E-state index in [9.17, 15) is 9.90 Å². The Labute approximate surface area is 173 Å². The van der Waals surface area contributed by atoms with Crippen molar-refractivity contribution in [2.45, 2.75) is 13.5 Å². The van der Waals surface area contributed by atoms with Gasteiger partial charge in [-0.3, -0.25) is 0 Å². The number of aromatic carboxylic acids is 1. The van der Waals surface area contributed by atoms with Crippen LogP contribution in [0.2, 0.25) is 0 Å². The molecular weight excluding hydrogens is 380 g/mol. The molecule has 4 aromatic rings. The lowest BCUT2D eigenvalue weighted by Crippen LogP contribution is -2.16. The Balaban J connectivity index is 1.80. The number of para-hydroxylation sites is 1. The summed E-state index contributed by atoms with van der Waals surface area (Å²) in [6, 6.07) is 15.2. The van der Waals surface area contributed by atoms with Crippen LogP contribution in [0, 0.1) is 6.92 Å². The summed E-state index contributed by atoms with van der Waals surface area (Å²) in [5.74, 6) is 0.466. The number of H-pyrrole nitrogens is 1. The highest BCUT2D eigenvalue weighted by Gasteiger charge is 2.19. The molecule has 0 spiro atoms. The Morgan fingerprint density at radius 1 is 1.07 bits per heavy atom. The number of aromatic amines is 1. The number of carboxylic acid groups (broad SMARTS) is 1. The molecule has 30 heavy (non-hydrogen) atoms. The quantitative estimate of drug-likeness (QED) is 0.451. The summed E-state index contributed by atoms with van der Waals surface area (Å²) in [5, 5.41) is 13.5. The number of hydrogen-bond donors (Lipinski definition) is 3. The van der Waals surface area contributed by atoms with Crippen molar-refractivity contribution in [1.29, 1.82) is 0 Å². The van der Waals surface area contributed by atoms with Crippen molar-refractivity contribution in [2.75, 3.05) is 24.3 Å². The van der Waals surface area contributed by atoms with Crippen LogP contribution in [0.25, 0.3) is 22.3 Å². The van der Waals surface area contributed by atoms with Gasteiger partial charge in [0.25, 0.3) is 0 Å². The molecule has 8 nitrogen and oxygen atoms in total. The number of rotatable bonds is 6. The van der Waals surface area contributed by atoms with Crippen LogP contribution in [0.5, 0.6) is 0 Å². The average Bonchev–Trinajstić information content (AvgIpc) is 3.08. The molecule has 0 amide bonds. The molecule has 0 saturated carbocycles. The van der Waals surface area contributed by atoms with E-state index in [0.29, 0.717) is 29.8 Å². The molecule has 0 fully saturated rings. The van der Waals surface area contributed by atoms with Crippen LogP contribution < -0.4 is 10.2 Å². The van der Waals surface area contributed by atoms with Crippen LogP contribution in [0.1, 0.15) is 21.6 Å². The fourth-order valence-electron chi connectivity index (χ4n) is 3.35. The van der Waals surface area contributed by atoms with Gasteiger partial charge in [0, 0.05) is 37.3 Å². The number of benzene rings is 2. The number of anilines is 2. The fraction of sp³-hybridized carbons (Fsp3) is 0.182. The van der Waals surface area contributed by atoms with Gasteiger partial charge in [-0.25, -0.2) is 4.79 Å². The molecule has 2 aromatic heterocycles. The predicted octanol–water partition coefficient (Wildman–Crippen LogP) is 3.70. The molecule has 0 radical (unpaired) electrons. The van der Waals surface area contributed by atoms with Gasteiger partial charge in [-0.2, -0.15) is 15.0 Å². The monoisotopic (exact) mass is 402 g/mol. The number of nitrogens with one attached hydrogen (secondary N) is 2.